The molecule has 10 nitrogen and oxygen atoms in total. The maximum Gasteiger partial charge on any atom is 0.280 e. The molecule has 3 rings (SSSR count). The number of nitrogens with two attached hydrogens (primary N) is 1. The Bertz CT molecular complexity index is 975. The number of imidazole rings is 1. The molecule has 0 bridgehead atoms. The van der Waals surface area contributed by atoms with Gasteiger partial charge in [0.05, 0.1) is 12.9 Å². The second-order valence-corrected chi connectivity index (χ2v) is 6.58. The highest BCUT2D eigenvalue weighted by Gasteiger charge is 2.10. The summed E-state index contributed by atoms with van der Waals surface area (Å²) in [7, 11) is -4.46. The van der Waals surface area contributed by atoms with Crippen LogP contribution in [0, 0.1) is 0 Å². The van der Waals surface area contributed by atoms with E-state index in [0.717, 1.165) is 5.56 Å². The molecule has 0 radical (unpaired) electrons. The number of nitrogens with zero attached hydrogens (tertiary/aromatic N) is 3. The van der Waals surface area contributed by atoms with E-state index in [0.29, 0.717) is 17.9 Å². The Morgan fingerprint density at radius 3 is 2.75 bits per heavy atom. The lowest BCUT2D eigenvalue weighted by molar-refractivity contribution is -0.196. The fraction of sp³-hybridized carbons (Fsp3) is 0.154. The van der Waals surface area contributed by atoms with Crippen LogP contribution in [0.25, 0.3) is 11.2 Å². The van der Waals surface area contributed by atoms with Crippen LogP contribution in [0.4, 0.5) is 5.95 Å². The highest BCUT2D eigenvalue weighted by atomic mass is 31.2. The molecule has 2 heterocycles. The molecule has 11 heteroatoms. The molecule has 1 atom stereocenters. The first-order valence-corrected chi connectivity index (χ1v) is 8.53. The number of benzene rings is 1. The normalized spacial score (nSPS) is 13.8. The largest absolute Gasteiger partial charge is 0.776 e. The molecule has 0 aliphatic rings. The minimum atomic E-state index is -4.46. The van der Waals surface area contributed by atoms with Crippen molar-refractivity contribution in [1.29, 1.82) is 0 Å². The van der Waals surface area contributed by atoms with E-state index in [4.69, 9.17) is 15.4 Å². The molecule has 2 aromatic heterocycles. The van der Waals surface area contributed by atoms with E-state index in [1.165, 1.54) is 6.33 Å². The predicted molar refractivity (Wildman–Crippen MR) is 83.4 cm³/mol. The third-order valence-electron chi connectivity index (χ3n) is 3.16. The molecular weight excluding hydrogens is 337 g/mol. The molecule has 4 N–H and O–H groups in total. The third-order valence-corrected chi connectivity index (χ3v) is 3.62. The van der Waals surface area contributed by atoms with Gasteiger partial charge in [-0.15, -0.1) is 0 Å². The fourth-order valence-electron chi connectivity index (χ4n) is 2.13. The molecule has 24 heavy (non-hydrogen) atoms. The van der Waals surface area contributed by atoms with Crippen molar-refractivity contribution in [2.24, 2.45) is 0 Å². The third kappa shape index (κ3) is 3.62. The van der Waals surface area contributed by atoms with Crippen LogP contribution >= 0.6 is 7.60 Å². The van der Waals surface area contributed by atoms with Crippen LogP contribution in [-0.4, -0.2) is 30.8 Å². The molecule has 0 aliphatic heterocycles. The fourth-order valence-corrected chi connectivity index (χ4v) is 2.44. The van der Waals surface area contributed by atoms with E-state index in [-0.39, 0.29) is 11.5 Å². The van der Waals surface area contributed by atoms with Crippen molar-refractivity contribution in [3.05, 3.63) is 46.5 Å². The van der Waals surface area contributed by atoms with E-state index in [1.54, 1.807) is 28.8 Å². The zero-order chi connectivity index (χ0) is 17.3. The minimum absolute atomic E-state index is 0.00374. The number of rotatable bonds is 5. The smallest absolute Gasteiger partial charge is 0.280 e. The lowest BCUT2D eigenvalue weighted by atomic mass is 10.2. The first kappa shape index (κ1) is 16.2. The Balaban J connectivity index is 1.79. The first-order valence-electron chi connectivity index (χ1n) is 6.77. The van der Waals surface area contributed by atoms with Gasteiger partial charge in [0.1, 0.15) is 5.75 Å². The zero-order valence-electron chi connectivity index (χ0n) is 12.2. The number of nitrogens with one attached hydrogen (secondary N) is 1. The van der Waals surface area contributed by atoms with Crippen molar-refractivity contribution in [1.82, 2.24) is 19.5 Å². The Kier molecular flexibility index (Phi) is 4.10. The number of aromatic nitrogens is 4. The van der Waals surface area contributed by atoms with Crippen molar-refractivity contribution >= 4 is 24.7 Å². The number of hydrogen-bond donors (Lipinski definition) is 3. The van der Waals surface area contributed by atoms with Gasteiger partial charge in [-0.3, -0.25) is 9.78 Å². The highest BCUT2D eigenvalue weighted by Crippen LogP contribution is 2.29. The van der Waals surface area contributed by atoms with Crippen LogP contribution in [0.3, 0.4) is 0 Å². The van der Waals surface area contributed by atoms with E-state index in [2.05, 4.69) is 15.0 Å². The summed E-state index contributed by atoms with van der Waals surface area (Å²) in [6.45, 7) is 0.382. The number of aromatic amines is 1. The van der Waals surface area contributed by atoms with Crippen LogP contribution < -0.4 is 20.9 Å². The maximum absolute atomic E-state index is 11.7. The van der Waals surface area contributed by atoms with Gasteiger partial charge >= 0.3 is 0 Å². The van der Waals surface area contributed by atoms with Crippen LogP contribution in [0.5, 0.6) is 5.75 Å². The van der Waals surface area contributed by atoms with Crippen LogP contribution in [-0.2, 0) is 11.1 Å². The van der Waals surface area contributed by atoms with E-state index < -0.39 is 19.5 Å². The predicted octanol–water partition coefficient (Wildman–Crippen LogP) is -0.368. The molecule has 0 saturated heterocycles. The molecule has 126 valence electrons. The SMILES string of the molecule is Nc1nc2c(ncn2Cc2ccc(OCP(=O)([O-])O)cc2)c(=O)[nH]1. The van der Waals surface area contributed by atoms with Crippen molar-refractivity contribution in [3.8, 4) is 5.75 Å². The van der Waals surface area contributed by atoms with Crippen LogP contribution in [0.1, 0.15) is 5.56 Å². The number of ether oxygens (including phenoxy) is 1. The average Bonchev–Trinajstić information content (AvgIpc) is 2.89. The molecule has 1 unspecified atom stereocenters. The number of fused-ring (bicyclic) bond motifs is 1. The molecule has 0 spiro atoms. The first-order chi connectivity index (χ1) is 11.3. The highest BCUT2D eigenvalue weighted by molar-refractivity contribution is 7.50. The second kappa shape index (κ2) is 6.08. The summed E-state index contributed by atoms with van der Waals surface area (Å²) in [4.78, 5) is 41.5. The van der Waals surface area contributed by atoms with Crippen molar-refractivity contribution in [2.45, 2.75) is 6.54 Å². The standard InChI is InChI=1S/C13H14N5O5P/c14-13-16-11-10(12(19)17-13)15-6-18(11)5-8-1-3-9(4-2-8)23-7-24(20,21)22/h1-4,6H,5,7H2,(H2,20,21,22)(H3,14,16,17,19)/p-1. The summed E-state index contributed by atoms with van der Waals surface area (Å²) in [6, 6.07) is 6.56. The van der Waals surface area contributed by atoms with E-state index in [1.807, 2.05) is 0 Å². The van der Waals surface area contributed by atoms with E-state index >= 15 is 0 Å². The molecule has 1 aromatic carbocycles. The number of hydrogen-bond acceptors (Lipinski definition) is 7. The quantitative estimate of drug-likeness (QED) is 0.526. The summed E-state index contributed by atoms with van der Waals surface area (Å²) < 4.78 is 17.3. The second-order valence-electron chi connectivity index (χ2n) is 5.05. The number of H-pyrrole nitrogens is 1. The maximum atomic E-state index is 11.7. The van der Waals surface area contributed by atoms with Crippen molar-refractivity contribution in [2.75, 3.05) is 12.1 Å². The summed E-state index contributed by atoms with van der Waals surface area (Å²) in [5.41, 5.74) is 6.53. The van der Waals surface area contributed by atoms with E-state index in [9.17, 15) is 14.3 Å². The summed E-state index contributed by atoms with van der Waals surface area (Å²) in [5.74, 6) is 0.308. The lowest BCUT2D eigenvalue weighted by Gasteiger charge is -2.16. The summed E-state index contributed by atoms with van der Waals surface area (Å²) >= 11 is 0. The van der Waals surface area contributed by atoms with Crippen molar-refractivity contribution < 1.29 is 19.1 Å². The Morgan fingerprint density at radius 2 is 2.08 bits per heavy atom. The summed E-state index contributed by atoms with van der Waals surface area (Å²) in [6.07, 6.45) is 0.695. The summed E-state index contributed by atoms with van der Waals surface area (Å²) in [5, 5.41) is 0. The molecular formula is C13H13N5O5P-. The number of nitrogen functional groups attached to an aromatic ring is 1. The molecule has 0 amide bonds. The van der Waals surface area contributed by atoms with Gasteiger partial charge < -0.3 is 29.4 Å². The molecule has 0 saturated carbocycles. The van der Waals surface area contributed by atoms with Gasteiger partial charge in [-0.1, -0.05) is 12.1 Å². The minimum Gasteiger partial charge on any atom is -0.776 e. The van der Waals surface area contributed by atoms with Gasteiger partial charge in [-0.2, -0.15) is 4.98 Å². The van der Waals surface area contributed by atoms with Gasteiger partial charge in [-0.05, 0) is 17.7 Å². The van der Waals surface area contributed by atoms with Gasteiger partial charge in [0.15, 0.2) is 25.1 Å². The molecule has 0 fully saturated rings. The zero-order valence-corrected chi connectivity index (χ0v) is 13.1. The van der Waals surface area contributed by atoms with Gasteiger partial charge in [-0.25, -0.2) is 4.98 Å². The van der Waals surface area contributed by atoms with Crippen LogP contribution in [0.2, 0.25) is 0 Å². The van der Waals surface area contributed by atoms with Crippen LogP contribution in [0.15, 0.2) is 35.4 Å². The lowest BCUT2D eigenvalue weighted by Crippen LogP contribution is -2.12. The molecule has 3 aromatic rings. The van der Waals surface area contributed by atoms with Crippen molar-refractivity contribution in [3.63, 3.8) is 0 Å². The van der Waals surface area contributed by atoms with Gasteiger partial charge in [0.2, 0.25) is 5.95 Å². The number of anilines is 1. The van der Waals surface area contributed by atoms with Gasteiger partial charge in [0, 0.05) is 0 Å². The Morgan fingerprint density at radius 1 is 1.38 bits per heavy atom. The monoisotopic (exact) mass is 350 g/mol. The Hall–Kier alpha value is -2.68. The van der Waals surface area contributed by atoms with Gasteiger partial charge in [0.25, 0.3) is 5.56 Å². The molecule has 0 aliphatic carbocycles. The Labute approximate surface area is 135 Å². The average molecular weight is 350 g/mol. The topological polar surface area (TPSA) is 159 Å².